The van der Waals surface area contributed by atoms with Crippen LogP contribution in [0.4, 0.5) is 0 Å². The summed E-state index contributed by atoms with van der Waals surface area (Å²) in [7, 11) is 0. The van der Waals surface area contributed by atoms with Crippen LogP contribution in [0.1, 0.15) is 18.4 Å². The largest absolute Gasteiger partial charge is 0.273 e. The topological polar surface area (TPSA) is 50.4 Å². The Kier molecular flexibility index (Phi) is 6.56. The number of hydrogen-bond donors (Lipinski definition) is 2. The molecule has 0 saturated carbocycles. The molecule has 0 bridgehead atoms. The van der Waals surface area contributed by atoms with Crippen LogP contribution < -0.4 is 10.3 Å². The normalized spacial score (nSPS) is 10.1. The van der Waals surface area contributed by atoms with Crippen LogP contribution in [0.15, 0.2) is 30.3 Å². The standard InChI is InChI=1S/C11H15ClN2O2/c12-13-8-4-7-11(15)14-16-9-10-5-2-1-3-6-10/h1-3,5-6,13H,4,7-9H2,(H,14,15). The molecule has 0 fully saturated rings. The molecule has 0 aliphatic rings. The van der Waals surface area contributed by atoms with E-state index in [0.717, 1.165) is 5.56 Å². The molecule has 2 N–H and O–H groups in total. The molecule has 1 aromatic rings. The van der Waals surface area contributed by atoms with Gasteiger partial charge in [0, 0.05) is 13.0 Å². The van der Waals surface area contributed by atoms with E-state index in [1.165, 1.54) is 0 Å². The molecule has 5 heteroatoms. The number of halogens is 1. The van der Waals surface area contributed by atoms with Crippen molar-refractivity contribution >= 4 is 17.7 Å². The highest BCUT2D eigenvalue weighted by atomic mass is 35.5. The molecule has 0 spiro atoms. The van der Waals surface area contributed by atoms with E-state index in [0.29, 0.717) is 26.0 Å². The van der Waals surface area contributed by atoms with Gasteiger partial charge in [0.05, 0.1) is 6.61 Å². The summed E-state index contributed by atoms with van der Waals surface area (Å²) >= 11 is 5.26. The fourth-order valence-corrected chi connectivity index (χ4v) is 1.27. The van der Waals surface area contributed by atoms with E-state index in [2.05, 4.69) is 10.3 Å². The van der Waals surface area contributed by atoms with Crippen molar-refractivity contribution in [3.05, 3.63) is 35.9 Å². The molecule has 0 heterocycles. The Morgan fingerprint density at radius 1 is 1.31 bits per heavy atom. The molecule has 1 amide bonds. The van der Waals surface area contributed by atoms with Crippen molar-refractivity contribution < 1.29 is 9.63 Å². The summed E-state index contributed by atoms with van der Waals surface area (Å²) in [5, 5.41) is 0. The number of carbonyl (C=O) groups is 1. The summed E-state index contributed by atoms with van der Waals surface area (Å²) in [6, 6.07) is 9.65. The summed E-state index contributed by atoms with van der Waals surface area (Å²) in [6.07, 6.45) is 1.08. The molecule has 1 aromatic carbocycles. The van der Waals surface area contributed by atoms with Crippen LogP contribution in [0, 0.1) is 0 Å². The zero-order valence-electron chi connectivity index (χ0n) is 8.91. The monoisotopic (exact) mass is 242 g/mol. The van der Waals surface area contributed by atoms with Gasteiger partial charge in [-0.15, -0.1) is 0 Å². The molecular weight excluding hydrogens is 228 g/mol. The number of benzene rings is 1. The molecule has 0 unspecified atom stereocenters. The van der Waals surface area contributed by atoms with Gasteiger partial charge in [-0.3, -0.25) is 9.63 Å². The highest BCUT2D eigenvalue weighted by molar-refractivity contribution is 6.13. The van der Waals surface area contributed by atoms with Gasteiger partial charge in [-0.25, -0.2) is 10.3 Å². The van der Waals surface area contributed by atoms with Gasteiger partial charge in [0.2, 0.25) is 5.91 Å². The van der Waals surface area contributed by atoms with Gasteiger partial charge in [-0.05, 0) is 23.8 Å². The lowest BCUT2D eigenvalue weighted by molar-refractivity contribution is -0.134. The van der Waals surface area contributed by atoms with Crippen LogP contribution in [0.5, 0.6) is 0 Å². The molecule has 0 atom stereocenters. The molecular formula is C11H15ClN2O2. The third kappa shape index (κ3) is 5.70. The van der Waals surface area contributed by atoms with Gasteiger partial charge in [-0.1, -0.05) is 30.3 Å². The lowest BCUT2D eigenvalue weighted by Gasteiger charge is -2.05. The fourth-order valence-electron chi connectivity index (χ4n) is 1.14. The third-order valence-electron chi connectivity index (χ3n) is 1.94. The molecule has 0 aliphatic carbocycles. The lowest BCUT2D eigenvalue weighted by Crippen LogP contribution is -2.23. The Morgan fingerprint density at radius 3 is 2.75 bits per heavy atom. The zero-order chi connectivity index (χ0) is 11.6. The Labute approximate surface area is 100.0 Å². The van der Waals surface area contributed by atoms with Crippen molar-refractivity contribution in [3.8, 4) is 0 Å². The van der Waals surface area contributed by atoms with E-state index >= 15 is 0 Å². The Bertz CT molecular complexity index is 306. The Hall–Kier alpha value is -1.10. The Morgan fingerprint density at radius 2 is 2.06 bits per heavy atom. The first kappa shape index (κ1) is 13.0. The number of nitrogens with one attached hydrogen (secondary N) is 2. The second kappa shape index (κ2) is 8.10. The van der Waals surface area contributed by atoms with Gasteiger partial charge in [-0.2, -0.15) is 0 Å². The molecule has 0 saturated heterocycles. The summed E-state index contributed by atoms with van der Waals surface area (Å²) < 4.78 is 0. The van der Waals surface area contributed by atoms with Gasteiger partial charge < -0.3 is 0 Å². The maximum Gasteiger partial charge on any atom is 0.243 e. The van der Waals surface area contributed by atoms with E-state index < -0.39 is 0 Å². The van der Waals surface area contributed by atoms with Crippen molar-refractivity contribution in [2.45, 2.75) is 19.4 Å². The van der Waals surface area contributed by atoms with Gasteiger partial charge in [0.1, 0.15) is 0 Å². The van der Waals surface area contributed by atoms with Crippen LogP contribution in [0.25, 0.3) is 0 Å². The molecule has 1 rings (SSSR count). The molecule has 16 heavy (non-hydrogen) atoms. The molecule has 0 aliphatic heterocycles. The van der Waals surface area contributed by atoms with E-state index in [9.17, 15) is 4.79 Å². The van der Waals surface area contributed by atoms with Crippen LogP contribution >= 0.6 is 11.8 Å². The molecule has 88 valence electrons. The number of amides is 1. The number of carbonyl (C=O) groups excluding carboxylic acids is 1. The summed E-state index contributed by atoms with van der Waals surface area (Å²) in [6.45, 7) is 0.980. The number of rotatable bonds is 7. The van der Waals surface area contributed by atoms with Crippen molar-refractivity contribution in [1.82, 2.24) is 10.3 Å². The Balaban J connectivity index is 2.09. The highest BCUT2D eigenvalue weighted by Crippen LogP contribution is 1.99. The second-order valence-corrected chi connectivity index (χ2v) is 3.55. The minimum absolute atomic E-state index is 0.136. The lowest BCUT2D eigenvalue weighted by atomic mass is 10.2. The minimum Gasteiger partial charge on any atom is -0.273 e. The van der Waals surface area contributed by atoms with Crippen LogP contribution in [-0.4, -0.2) is 12.5 Å². The SMILES string of the molecule is O=C(CCCNCl)NOCc1ccccc1. The van der Waals surface area contributed by atoms with Crippen LogP contribution in [0.3, 0.4) is 0 Å². The van der Waals surface area contributed by atoms with Crippen molar-refractivity contribution in [2.75, 3.05) is 6.54 Å². The number of hydroxylamine groups is 1. The summed E-state index contributed by atoms with van der Waals surface area (Å²) in [5.74, 6) is -0.136. The second-order valence-electron chi connectivity index (χ2n) is 3.29. The molecule has 0 radical (unpaired) electrons. The number of hydrogen-bond acceptors (Lipinski definition) is 3. The zero-order valence-corrected chi connectivity index (χ0v) is 9.67. The van der Waals surface area contributed by atoms with Crippen LogP contribution in [0.2, 0.25) is 0 Å². The van der Waals surface area contributed by atoms with Crippen LogP contribution in [-0.2, 0) is 16.2 Å². The summed E-state index contributed by atoms with van der Waals surface area (Å²) in [5.41, 5.74) is 3.40. The van der Waals surface area contributed by atoms with Gasteiger partial charge in [0.25, 0.3) is 0 Å². The van der Waals surface area contributed by atoms with E-state index in [4.69, 9.17) is 16.6 Å². The highest BCUT2D eigenvalue weighted by Gasteiger charge is 2.00. The maximum absolute atomic E-state index is 11.2. The molecule has 0 aromatic heterocycles. The quantitative estimate of drug-likeness (QED) is 0.435. The van der Waals surface area contributed by atoms with E-state index in [-0.39, 0.29) is 5.91 Å². The average Bonchev–Trinajstić information content (AvgIpc) is 2.31. The summed E-state index contributed by atoms with van der Waals surface area (Å²) in [4.78, 5) is 18.7. The first-order valence-electron chi connectivity index (χ1n) is 5.11. The maximum atomic E-state index is 11.2. The third-order valence-corrected chi connectivity index (χ3v) is 2.13. The first-order chi connectivity index (χ1) is 7.83. The predicted molar refractivity (Wildman–Crippen MR) is 62.5 cm³/mol. The molecule has 4 nitrogen and oxygen atoms in total. The first-order valence-corrected chi connectivity index (χ1v) is 5.49. The fraction of sp³-hybridized carbons (Fsp3) is 0.364. The van der Waals surface area contributed by atoms with Crippen molar-refractivity contribution in [2.24, 2.45) is 0 Å². The predicted octanol–water partition coefficient (Wildman–Crippen LogP) is 1.76. The van der Waals surface area contributed by atoms with Crippen molar-refractivity contribution in [1.29, 1.82) is 0 Å². The van der Waals surface area contributed by atoms with Crippen molar-refractivity contribution in [3.63, 3.8) is 0 Å². The van der Waals surface area contributed by atoms with E-state index in [1.54, 1.807) is 0 Å². The van der Waals surface area contributed by atoms with Gasteiger partial charge >= 0.3 is 0 Å². The van der Waals surface area contributed by atoms with E-state index in [1.807, 2.05) is 30.3 Å². The van der Waals surface area contributed by atoms with Gasteiger partial charge in [0.15, 0.2) is 0 Å². The average molecular weight is 243 g/mol. The smallest absolute Gasteiger partial charge is 0.243 e. The minimum atomic E-state index is -0.136.